The van der Waals surface area contributed by atoms with Crippen molar-refractivity contribution in [2.45, 2.75) is 38.0 Å². The van der Waals surface area contributed by atoms with E-state index in [1.807, 2.05) is 9.91 Å². The van der Waals surface area contributed by atoms with E-state index in [2.05, 4.69) is 5.10 Å². The highest BCUT2D eigenvalue weighted by Gasteiger charge is 2.56. The van der Waals surface area contributed by atoms with Gasteiger partial charge in [-0.15, -0.1) is 11.8 Å². The van der Waals surface area contributed by atoms with Crippen molar-refractivity contribution in [2.75, 3.05) is 36.8 Å². The Morgan fingerprint density at radius 1 is 1.17 bits per heavy atom. The molecule has 14 heteroatoms. The van der Waals surface area contributed by atoms with Gasteiger partial charge in [-0.25, -0.2) is 9.18 Å². The molecule has 0 spiro atoms. The highest BCUT2D eigenvalue weighted by Crippen LogP contribution is 2.45. The summed E-state index contributed by atoms with van der Waals surface area (Å²) in [4.78, 5) is 51.2. The average Bonchev–Trinajstić information content (AvgIpc) is 3.67. The lowest BCUT2D eigenvalue weighted by Gasteiger charge is -2.44. The largest absolute Gasteiger partial charge is 0.481 e. The molecule has 3 N–H and O–H groups in total. The zero-order valence-corrected chi connectivity index (χ0v) is 23.5. The van der Waals surface area contributed by atoms with Crippen LogP contribution in [0, 0.1) is 17.7 Å². The number of carbonyl (C=O) groups is 3. The van der Waals surface area contributed by atoms with Crippen LogP contribution < -0.4 is 10.3 Å². The van der Waals surface area contributed by atoms with Gasteiger partial charge in [0.1, 0.15) is 11.5 Å². The molecule has 1 aliphatic carbocycles. The molecular weight excluding hydrogens is 569 g/mol. The first-order valence-corrected chi connectivity index (χ1v) is 14.8. The van der Waals surface area contributed by atoms with E-state index in [-0.39, 0.29) is 34.5 Å². The van der Waals surface area contributed by atoms with Crippen molar-refractivity contribution < 1.29 is 34.1 Å². The number of rotatable bonds is 9. The number of piperazine rings is 1. The Balaban J connectivity index is 1.08. The molecule has 5 atom stereocenters. The number of aliphatic hydroxyl groups excluding tert-OH is 1. The van der Waals surface area contributed by atoms with E-state index in [1.54, 1.807) is 22.4 Å². The Labute approximate surface area is 243 Å². The van der Waals surface area contributed by atoms with Crippen molar-refractivity contribution >= 4 is 51.7 Å². The molecule has 0 radical (unpaired) electrons. The quantitative estimate of drug-likeness (QED) is 0.220. The Bertz CT molecular complexity index is 1600. The first-order valence-electron chi connectivity index (χ1n) is 13.7. The molecule has 2 aromatic rings. The number of aliphatic hydroxyl groups is 1. The normalized spacial score (nSPS) is 26.2. The molecule has 0 bridgehead atoms. The lowest BCUT2D eigenvalue weighted by Crippen LogP contribution is -2.61. The Morgan fingerprint density at radius 3 is 2.55 bits per heavy atom. The van der Waals surface area contributed by atoms with Crippen molar-refractivity contribution in [3.8, 4) is 0 Å². The second-order valence-electron chi connectivity index (χ2n) is 11.1. The number of hydrogen-bond acceptors (Lipinski definition) is 9. The summed E-state index contributed by atoms with van der Waals surface area (Å²) in [6.45, 7) is 3.48. The molecule has 1 amide bonds. The van der Waals surface area contributed by atoms with E-state index in [9.17, 15) is 34.5 Å². The topological polar surface area (TPSA) is 156 Å². The number of carboxylic acids is 2. The maximum Gasteiger partial charge on any atom is 0.352 e. The second kappa shape index (κ2) is 10.7. The summed E-state index contributed by atoms with van der Waals surface area (Å²) in [7, 11) is 0. The number of carbonyl (C=O) groups excluding carboxylic acids is 1. The zero-order chi connectivity index (χ0) is 29.9. The van der Waals surface area contributed by atoms with Crippen LogP contribution in [0.1, 0.15) is 25.8 Å². The summed E-state index contributed by atoms with van der Waals surface area (Å²) >= 11 is 1.32. The first-order chi connectivity index (χ1) is 20.1. The Kier molecular flexibility index (Phi) is 7.21. The third-order valence-corrected chi connectivity index (χ3v) is 9.35. The van der Waals surface area contributed by atoms with E-state index in [0.29, 0.717) is 61.6 Å². The minimum atomic E-state index is -1.16. The van der Waals surface area contributed by atoms with E-state index >= 15 is 4.39 Å². The standard InChI is InChI=1S/C28H30FN5O7S/c1-14(35)24-22-8-15(25(28(40)41)34(22)26(24)37)12-42-13-30-32-6-4-31(5-7-32)21-11-20-16(9-18(21)29)23(36)2-3-33(20)19-10-17(19)27(38)39/h2-3,9,11,13-14,17,19,22,24,35H,4-8,10,12H2,1H3,(H,38,39)(H,40,41)/t14-,17?,19?,22?,24?/m1/s1. The van der Waals surface area contributed by atoms with E-state index in [1.165, 1.54) is 35.7 Å². The van der Waals surface area contributed by atoms with Crippen LogP contribution in [0.5, 0.6) is 0 Å². The van der Waals surface area contributed by atoms with Gasteiger partial charge in [-0.1, -0.05) is 0 Å². The number of aromatic nitrogens is 1. The van der Waals surface area contributed by atoms with Gasteiger partial charge in [0.2, 0.25) is 5.91 Å². The summed E-state index contributed by atoms with van der Waals surface area (Å²) in [5.74, 6) is -3.68. The number of carboxylic acid groups (broad SMARTS) is 2. The predicted octanol–water partition coefficient (Wildman–Crippen LogP) is 1.53. The minimum absolute atomic E-state index is 0.000543. The highest BCUT2D eigenvalue weighted by atomic mass is 32.2. The fourth-order valence-corrected chi connectivity index (χ4v) is 7.08. The third kappa shape index (κ3) is 4.81. The monoisotopic (exact) mass is 599 g/mol. The van der Waals surface area contributed by atoms with Crippen molar-refractivity contribution in [3.05, 3.63) is 51.7 Å². The van der Waals surface area contributed by atoms with Crippen LogP contribution in [0.25, 0.3) is 10.9 Å². The molecule has 4 unspecified atom stereocenters. The Hall–Kier alpha value is -3.91. The molecule has 1 aromatic heterocycles. The van der Waals surface area contributed by atoms with E-state index in [4.69, 9.17) is 0 Å². The lowest BCUT2D eigenvalue weighted by molar-refractivity contribution is -0.161. The highest BCUT2D eigenvalue weighted by molar-refractivity contribution is 8.12. The van der Waals surface area contributed by atoms with Crippen LogP contribution in [0.4, 0.5) is 10.1 Å². The third-order valence-electron chi connectivity index (χ3n) is 8.59. The van der Waals surface area contributed by atoms with Crippen LogP contribution in [-0.2, 0) is 14.4 Å². The maximum absolute atomic E-state index is 15.2. The lowest BCUT2D eigenvalue weighted by atomic mass is 9.83. The zero-order valence-electron chi connectivity index (χ0n) is 22.7. The molecule has 4 aliphatic rings. The van der Waals surface area contributed by atoms with E-state index in [0.717, 1.165) is 0 Å². The number of nitrogens with zero attached hydrogens (tertiary/aromatic N) is 5. The van der Waals surface area contributed by atoms with Crippen molar-refractivity contribution in [1.29, 1.82) is 0 Å². The van der Waals surface area contributed by atoms with Gasteiger partial charge in [0.05, 0.1) is 53.8 Å². The average molecular weight is 600 g/mol. The SMILES string of the molecule is C[C@@H](O)C1C(=O)N2C(C(=O)O)=C(CSC=NN3CCN(c4cc5c(cc4F)c(=O)ccn5C4CC4C(=O)O)CC3)CC12. The second-order valence-corrected chi connectivity index (χ2v) is 12.0. The molecule has 3 fully saturated rings. The van der Waals surface area contributed by atoms with Crippen molar-refractivity contribution in [3.63, 3.8) is 0 Å². The van der Waals surface area contributed by atoms with Crippen LogP contribution in [0.3, 0.4) is 0 Å². The number of halogens is 1. The van der Waals surface area contributed by atoms with Gasteiger partial charge in [-0.2, -0.15) is 5.10 Å². The summed E-state index contributed by atoms with van der Waals surface area (Å²) in [6, 6.07) is 3.60. The van der Waals surface area contributed by atoms with Gasteiger partial charge in [-0.3, -0.25) is 19.4 Å². The predicted molar refractivity (Wildman–Crippen MR) is 153 cm³/mol. The molecule has 3 aliphatic heterocycles. The smallest absolute Gasteiger partial charge is 0.352 e. The summed E-state index contributed by atoms with van der Waals surface area (Å²) in [5, 5.41) is 35.4. The maximum atomic E-state index is 15.2. The number of pyridine rings is 1. The summed E-state index contributed by atoms with van der Waals surface area (Å²) < 4.78 is 16.9. The number of fused-ring (bicyclic) bond motifs is 2. The fourth-order valence-electron chi connectivity index (χ4n) is 6.35. The van der Waals surface area contributed by atoms with Crippen molar-refractivity contribution in [1.82, 2.24) is 14.5 Å². The van der Waals surface area contributed by atoms with Crippen LogP contribution in [0.15, 0.2) is 45.6 Å². The van der Waals surface area contributed by atoms with Gasteiger partial charge < -0.3 is 29.7 Å². The number of aliphatic carboxylic acids is 2. The number of anilines is 1. The molecule has 4 heterocycles. The number of β-lactam (4-membered cyclic amide) rings is 1. The molecule has 1 saturated carbocycles. The van der Waals surface area contributed by atoms with Crippen molar-refractivity contribution in [2.24, 2.45) is 16.9 Å². The summed E-state index contributed by atoms with van der Waals surface area (Å²) in [5.41, 5.74) is 2.80. The molecular formula is C28H30FN5O7S. The van der Waals surface area contributed by atoms with Gasteiger partial charge in [-0.05, 0) is 37.5 Å². The number of hydrogen-bond donors (Lipinski definition) is 3. The van der Waals surface area contributed by atoms with E-state index < -0.39 is 35.7 Å². The first kappa shape index (κ1) is 28.2. The molecule has 42 heavy (non-hydrogen) atoms. The number of amides is 1. The van der Waals surface area contributed by atoms with Gasteiger partial charge >= 0.3 is 11.9 Å². The number of hydrazone groups is 1. The fraction of sp³-hybridized carbons (Fsp3) is 0.464. The molecule has 222 valence electrons. The summed E-state index contributed by atoms with van der Waals surface area (Å²) in [6.07, 6.45) is 1.61. The van der Waals surface area contributed by atoms with Crippen LogP contribution in [-0.4, -0.2) is 97.3 Å². The Morgan fingerprint density at radius 2 is 1.90 bits per heavy atom. The van der Waals surface area contributed by atoms with Gasteiger partial charge in [0.25, 0.3) is 0 Å². The van der Waals surface area contributed by atoms with Gasteiger partial charge in [0, 0.05) is 42.5 Å². The van der Waals surface area contributed by atoms with Crippen LogP contribution in [0.2, 0.25) is 0 Å². The minimum Gasteiger partial charge on any atom is -0.481 e. The molecule has 1 aromatic carbocycles. The molecule has 6 rings (SSSR count). The van der Waals surface area contributed by atoms with Gasteiger partial charge in [0.15, 0.2) is 5.43 Å². The molecule has 12 nitrogen and oxygen atoms in total. The molecule has 2 saturated heterocycles. The number of thioether (sulfide) groups is 1. The van der Waals surface area contributed by atoms with Crippen LogP contribution >= 0.6 is 11.8 Å². The number of benzene rings is 1.